The molecule has 0 unspecified atom stereocenters. The van der Waals surface area contributed by atoms with Crippen LogP contribution in [0.3, 0.4) is 0 Å². The van der Waals surface area contributed by atoms with Gasteiger partial charge in [0.15, 0.2) is 0 Å². The van der Waals surface area contributed by atoms with E-state index >= 15 is 0 Å². The summed E-state index contributed by atoms with van der Waals surface area (Å²) in [6.07, 6.45) is 5.58. The molecule has 1 amide bonds. The Labute approximate surface area is 99.9 Å². The van der Waals surface area contributed by atoms with Crippen LogP contribution in [0.15, 0.2) is 47.3 Å². The zero-order valence-corrected chi connectivity index (χ0v) is 9.67. The minimum Gasteiger partial charge on any atom is -0.469 e. The van der Waals surface area contributed by atoms with Gasteiger partial charge in [0.2, 0.25) is 0 Å². The van der Waals surface area contributed by atoms with Crippen LogP contribution >= 0.6 is 0 Å². The highest BCUT2D eigenvalue weighted by atomic mass is 16.3. The van der Waals surface area contributed by atoms with Crippen LogP contribution in [0.25, 0.3) is 0 Å². The molecule has 2 heterocycles. The number of pyridine rings is 1. The van der Waals surface area contributed by atoms with E-state index in [9.17, 15) is 4.79 Å². The van der Waals surface area contributed by atoms with Crippen molar-refractivity contribution in [3.8, 4) is 0 Å². The van der Waals surface area contributed by atoms with Gasteiger partial charge in [-0.1, -0.05) is 0 Å². The Morgan fingerprint density at radius 3 is 2.94 bits per heavy atom. The van der Waals surface area contributed by atoms with E-state index in [0.717, 1.165) is 12.2 Å². The van der Waals surface area contributed by atoms with Gasteiger partial charge in [0.1, 0.15) is 5.76 Å². The lowest BCUT2D eigenvalue weighted by Crippen LogP contribution is -2.28. The number of nitrogens with zero attached hydrogens (tertiary/aromatic N) is 2. The smallest absolute Gasteiger partial charge is 0.255 e. The molecule has 2 aromatic heterocycles. The maximum Gasteiger partial charge on any atom is 0.255 e. The van der Waals surface area contributed by atoms with Gasteiger partial charge in [-0.2, -0.15) is 0 Å². The summed E-state index contributed by atoms with van der Waals surface area (Å²) in [5.74, 6) is 0.862. The molecule has 0 fully saturated rings. The lowest BCUT2D eigenvalue weighted by Gasteiger charge is -2.16. The number of furan rings is 1. The molecule has 0 atom stereocenters. The Bertz CT molecular complexity index is 465. The van der Waals surface area contributed by atoms with Crippen molar-refractivity contribution in [1.29, 1.82) is 0 Å². The molecule has 0 aliphatic carbocycles. The molecule has 0 aromatic carbocycles. The quantitative estimate of drug-likeness (QED) is 0.807. The molecule has 0 spiro atoms. The summed E-state index contributed by atoms with van der Waals surface area (Å²) in [5, 5.41) is 0. The molecule has 0 saturated carbocycles. The van der Waals surface area contributed by atoms with Crippen LogP contribution in [0.4, 0.5) is 0 Å². The standard InChI is InChI=1S/C13H14N2O2/c1-15(8-6-12-5-3-9-17-12)13(16)11-4-2-7-14-10-11/h2-5,7,9-10H,6,8H2,1H3. The monoisotopic (exact) mass is 230 g/mol. The summed E-state index contributed by atoms with van der Waals surface area (Å²) in [7, 11) is 1.78. The van der Waals surface area contributed by atoms with Crippen molar-refractivity contribution >= 4 is 5.91 Å². The van der Waals surface area contributed by atoms with Crippen LogP contribution in [0.5, 0.6) is 0 Å². The van der Waals surface area contributed by atoms with E-state index in [1.807, 2.05) is 12.1 Å². The first kappa shape index (κ1) is 11.4. The van der Waals surface area contributed by atoms with Crippen molar-refractivity contribution in [3.63, 3.8) is 0 Å². The highest BCUT2D eigenvalue weighted by Gasteiger charge is 2.11. The van der Waals surface area contributed by atoms with Crippen LogP contribution in [-0.4, -0.2) is 29.4 Å². The van der Waals surface area contributed by atoms with Gasteiger partial charge in [0.05, 0.1) is 11.8 Å². The Balaban J connectivity index is 1.92. The van der Waals surface area contributed by atoms with E-state index in [1.54, 1.807) is 42.7 Å². The summed E-state index contributed by atoms with van der Waals surface area (Å²) in [6.45, 7) is 0.626. The SMILES string of the molecule is CN(CCc1ccco1)C(=O)c1cccnc1. The maximum absolute atomic E-state index is 12.0. The van der Waals surface area contributed by atoms with E-state index in [4.69, 9.17) is 4.42 Å². The van der Waals surface area contributed by atoms with E-state index in [1.165, 1.54) is 0 Å². The minimum absolute atomic E-state index is 0.0235. The normalized spacial score (nSPS) is 10.2. The highest BCUT2D eigenvalue weighted by molar-refractivity contribution is 5.93. The maximum atomic E-state index is 12.0. The number of likely N-dealkylation sites (N-methyl/N-ethyl adjacent to an activating group) is 1. The van der Waals surface area contributed by atoms with Crippen LogP contribution < -0.4 is 0 Å². The van der Waals surface area contributed by atoms with Crippen molar-refractivity contribution in [2.75, 3.05) is 13.6 Å². The second-order valence-electron chi connectivity index (χ2n) is 3.80. The summed E-state index contributed by atoms with van der Waals surface area (Å²) in [4.78, 5) is 17.6. The molecule has 4 heteroatoms. The third-order valence-corrected chi connectivity index (χ3v) is 2.53. The highest BCUT2D eigenvalue weighted by Crippen LogP contribution is 2.05. The first-order chi connectivity index (χ1) is 8.27. The van der Waals surface area contributed by atoms with Crippen LogP contribution in [0, 0.1) is 0 Å². The number of rotatable bonds is 4. The van der Waals surface area contributed by atoms with Crippen molar-refractivity contribution in [3.05, 3.63) is 54.2 Å². The fourth-order valence-corrected chi connectivity index (χ4v) is 1.54. The Hall–Kier alpha value is -2.10. The van der Waals surface area contributed by atoms with E-state index in [0.29, 0.717) is 12.1 Å². The first-order valence-corrected chi connectivity index (χ1v) is 5.45. The van der Waals surface area contributed by atoms with Crippen LogP contribution in [0.2, 0.25) is 0 Å². The molecule has 17 heavy (non-hydrogen) atoms. The topological polar surface area (TPSA) is 46.3 Å². The fraction of sp³-hybridized carbons (Fsp3) is 0.231. The number of amides is 1. The largest absolute Gasteiger partial charge is 0.469 e. The number of carbonyl (C=O) groups excluding carboxylic acids is 1. The molecule has 0 N–H and O–H groups in total. The second-order valence-corrected chi connectivity index (χ2v) is 3.80. The Morgan fingerprint density at radius 1 is 1.41 bits per heavy atom. The van der Waals surface area contributed by atoms with Crippen molar-refractivity contribution in [2.24, 2.45) is 0 Å². The summed E-state index contributed by atoms with van der Waals surface area (Å²) in [5.41, 5.74) is 0.606. The first-order valence-electron chi connectivity index (χ1n) is 5.45. The third-order valence-electron chi connectivity index (χ3n) is 2.53. The summed E-state index contributed by atoms with van der Waals surface area (Å²) < 4.78 is 5.22. The summed E-state index contributed by atoms with van der Waals surface area (Å²) >= 11 is 0. The molecule has 2 rings (SSSR count). The van der Waals surface area contributed by atoms with Gasteiger partial charge in [0, 0.05) is 32.4 Å². The molecule has 0 radical (unpaired) electrons. The molecule has 4 nitrogen and oxygen atoms in total. The lowest BCUT2D eigenvalue weighted by atomic mass is 10.2. The zero-order valence-electron chi connectivity index (χ0n) is 9.67. The average molecular weight is 230 g/mol. The Morgan fingerprint density at radius 2 is 2.29 bits per heavy atom. The van der Waals surface area contributed by atoms with E-state index < -0.39 is 0 Å². The van der Waals surface area contributed by atoms with Gasteiger partial charge < -0.3 is 9.32 Å². The zero-order chi connectivity index (χ0) is 12.1. The molecular formula is C13H14N2O2. The van der Waals surface area contributed by atoms with E-state index in [-0.39, 0.29) is 5.91 Å². The molecule has 0 saturated heterocycles. The number of aromatic nitrogens is 1. The van der Waals surface area contributed by atoms with Crippen molar-refractivity contribution in [1.82, 2.24) is 9.88 Å². The Kier molecular flexibility index (Phi) is 3.55. The number of hydrogen-bond donors (Lipinski definition) is 0. The number of carbonyl (C=O) groups is 1. The minimum atomic E-state index is -0.0235. The van der Waals surface area contributed by atoms with Crippen LogP contribution in [0.1, 0.15) is 16.1 Å². The van der Waals surface area contributed by atoms with Gasteiger partial charge in [-0.25, -0.2) is 0 Å². The predicted octanol–water partition coefficient (Wildman–Crippen LogP) is 1.99. The average Bonchev–Trinajstić information content (AvgIpc) is 2.89. The number of hydrogen-bond acceptors (Lipinski definition) is 3. The third kappa shape index (κ3) is 2.93. The molecular weight excluding hydrogens is 216 g/mol. The molecule has 0 aliphatic heterocycles. The predicted molar refractivity (Wildman–Crippen MR) is 63.6 cm³/mol. The van der Waals surface area contributed by atoms with Gasteiger partial charge in [-0.15, -0.1) is 0 Å². The lowest BCUT2D eigenvalue weighted by molar-refractivity contribution is 0.0794. The van der Waals surface area contributed by atoms with Crippen LogP contribution in [-0.2, 0) is 6.42 Å². The summed E-state index contributed by atoms with van der Waals surface area (Å²) in [6, 6.07) is 7.27. The molecule has 88 valence electrons. The van der Waals surface area contributed by atoms with Gasteiger partial charge >= 0.3 is 0 Å². The van der Waals surface area contributed by atoms with Crippen molar-refractivity contribution in [2.45, 2.75) is 6.42 Å². The van der Waals surface area contributed by atoms with Crippen molar-refractivity contribution < 1.29 is 9.21 Å². The molecule has 0 bridgehead atoms. The molecule has 2 aromatic rings. The van der Waals surface area contributed by atoms with Gasteiger partial charge in [0.25, 0.3) is 5.91 Å². The molecule has 0 aliphatic rings. The van der Waals surface area contributed by atoms with Gasteiger partial charge in [-0.05, 0) is 24.3 Å². The van der Waals surface area contributed by atoms with Gasteiger partial charge in [-0.3, -0.25) is 9.78 Å². The van der Waals surface area contributed by atoms with E-state index in [2.05, 4.69) is 4.98 Å². The fourth-order valence-electron chi connectivity index (χ4n) is 1.54. The second kappa shape index (κ2) is 5.30.